The molecule has 66 heavy (non-hydrogen) atoms. The Hall–Kier alpha value is -7.99. The van der Waals surface area contributed by atoms with Crippen LogP contribution in [-0.4, -0.2) is 26.0 Å². The molecular weight excluding hydrogens is 855 g/mol. The van der Waals surface area contributed by atoms with E-state index in [2.05, 4.69) is 178 Å². The van der Waals surface area contributed by atoms with Crippen LogP contribution in [-0.2, 0) is 6.54 Å². The van der Waals surface area contributed by atoms with Crippen LogP contribution in [0.5, 0.6) is 0 Å². The Bertz CT molecular complexity index is 3490. The first-order chi connectivity index (χ1) is 32.4. The Balaban J connectivity index is 1.06. The summed E-state index contributed by atoms with van der Waals surface area (Å²) in [6.07, 6.45) is 8.59. The molecule has 10 aromatic rings. The number of anilines is 3. The van der Waals surface area contributed by atoms with Crippen LogP contribution in [0.2, 0.25) is 0 Å². The van der Waals surface area contributed by atoms with Gasteiger partial charge < -0.3 is 4.90 Å². The van der Waals surface area contributed by atoms with Crippen LogP contribution in [0.1, 0.15) is 25.2 Å². The average molecular weight is 897 g/mol. The number of allylic oxidation sites excluding steroid dienone is 4. The van der Waals surface area contributed by atoms with Crippen LogP contribution < -0.4 is 14.4 Å². The molecule has 11 rings (SSSR count). The molecule has 0 fully saturated rings. The first-order valence-electron chi connectivity index (χ1n) is 21.9. The maximum absolute atomic E-state index is 11.8. The second-order valence-electron chi connectivity index (χ2n) is 15.9. The van der Waals surface area contributed by atoms with Gasteiger partial charge in [-0.05, 0) is 134 Å². The summed E-state index contributed by atoms with van der Waals surface area (Å²) in [6, 6.07) is 57.4. The molecule has 0 saturated carbocycles. The van der Waals surface area contributed by atoms with Gasteiger partial charge in [0.1, 0.15) is 21.5 Å². The Morgan fingerprint density at radius 1 is 0.682 bits per heavy atom. The number of aryl methyl sites for hydroxylation is 1. The number of aromatic nitrogens is 4. The number of nitro groups is 1. The molecule has 0 N–H and O–H groups in total. The third kappa shape index (κ3) is 7.34. The summed E-state index contributed by atoms with van der Waals surface area (Å²) in [7, 11) is 0. The number of hydrogen-bond acceptors (Lipinski definition) is 8. The van der Waals surface area contributed by atoms with Gasteiger partial charge in [-0.3, -0.25) is 15.0 Å². The Labute approximate surface area is 389 Å². The zero-order valence-corrected chi connectivity index (χ0v) is 37.8. The van der Waals surface area contributed by atoms with Crippen molar-refractivity contribution in [3.8, 4) is 26.8 Å². The highest BCUT2D eigenvalue weighted by molar-refractivity contribution is 7.22. The van der Waals surface area contributed by atoms with Gasteiger partial charge in [-0.15, -0.1) is 22.7 Å². The molecular formula is C55H42N7O2S2+. The Morgan fingerprint density at radius 3 is 1.91 bits per heavy atom. The minimum Gasteiger partial charge on any atom is -0.326 e. The highest BCUT2D eigenvalue weighted by Gasteiger charge is 2.32. The van der Waals surface area contributed by atoms with E-state index in [0.29, 0.717) is 13.1 Å². The molecule has 0 atom stereocenters. The molecule has 0 bridgehead atoms. The maximum atomic E-state index is 11.8. The van der Waals surface area contributed by atoms with Gasteiger partial charge in [-0.25, -0.2) is 14.5 Å². The highest BCUT2D eigenvalue weighted by Crippen LogP contribution is 2.48. The summed E-state index contributed by atoms with van der Waals surface area (Å²) in [5.74, 6) is 1.97. The molecule has 4 heterocycles. The summed E-state index contributed by atoms with van der Waals surface area (Å²) in [5.41, 5.74) is 12.3. The van der Waals surface area contributed by atoms with Crippen molar-refractivity contribution in [3.63, 3.8) is 0 Å². The van der Waals surface area contributed by atoms with Crippen molar-refractivity contribution in [2.24, 2.45) is 0 Å². The van der Waals surface area contributed by atoms with Crippen molar-refractivity contribution in [2.45, 2.75) is 20.4 Å². The molecule has 0 radical (unpaired) electrons. The molecule has 3 aromatic heterocycles. The van der Waals surface area contributed by atoms with E-state index in [9.17, 15) is 10.1 Å². The number of nitro benzene ring substituents is 1. The Morgan fingerprint density at radius 2 is 1.29 bits per heavy atom. The standard InChI is InChI=1S/C55H42N7O2S2/c1-3-58-48-35-39(54-56-44-19-11-13-21-50(44)65-54)25-31-46(48)60(41-15-7-5-8-16-41)52(58)33-27-38(37-23-29-43(30-24-37)62(63)64)28-34-53-59(4-2)49-36-40(55-57-45-20-12-14-22-51(45)66-55)26-32-47(49)61(53)42-17-9-6-10-18-42/h5-36H,3-4H2,1-2H3/q+1. The van der Waals surface area contributed by atoms with Gasteiger partial charge >= 0.3 is 0 Å². The summed E-state index contributed by atoms with van der Waals surface area (Å²) in [4.78, 5) is 26.1. The largest absolute Gasteiger partial charge is 0.326 e. The number of hydrogen-bond donors (Lipinski definition) is 0. The van der Waals surface area contributed by atoms with Crippen LogP contribution in [0.15, 0.2) is 194 Å². The Kier molecular flexibility index (Phi) is 10.6. The van der Waals surface area contributed by atoms with Crippen molar-refractivity contribution in [1.29, 1.82) is 0 Å². The van der Waals surface area contributed by atoms with Crippen molar-refractivity contribution < 1.29 is 9.49 Å². The van der Waals surface area contributed by atoms with Gasteiger partial charge in [0.05, 0.1) is 43.3 Å². The molecule has 7 aromatic carbocycles. The lowest BCUT2D eigenvalue weighted by Gasteiger charge is -2.24. The van der Waals surface area contributed by atoms with E-state index in [-0.39, 0.29) is 10.6 Å². The number of imidazole rings is 1. The summed E-state index contributed by atoms with van der Waals surface area (Å²) in [5, 5.41) is 13.8. The molecule has 11 heteroatoms. The average Bonchev–Trinajstić information content (AvgIpc) is 4.14. The quantitative estimate of drug-likeness (QED) is 0.0556. The molecule has 320 valence electrons. The number of fused-ring (bicyclic) bond motifs is 4. The molecule has 9 nitrogen and oxygen atoms in total. The van der Waals surface area contributed by atoms with Crippen molar-refractivity contribution >= 4 is 88.5 Å². The smallest absolute Gasteiger partial charge is 0.287 e. The lowest BCUT2D eigenvalue weighted by atomic mass is 10.0. The van der Waals surface area contributed by atoms with E-state index in [1.165, 1.54) is 0 Å². The predicted molar refractivity (Wildman–Crippen MR) is 273 cm³/mol. The fraction of sp³-hybridized carbons (Fsp3) is 0.0727. The third-order valence-electron chi connectivity index (χ3n) is 12.0. The van der Waals surface area contributed by atoms with Crippen molar-refractivity contribution in [1.82, 2.24) is 14.5 Å². The molecule has 1 aliphatic heterocycles. The van der Waals surface area contributed by atoms with Gasteiger partial charge in [0, 0.05) is 41.6 Å². The number of rotatable bonds is 11. The van der Waals surface area contributed by atoms with Gasteiger partial charge in [0.25, 0.3) is 11.5 Å². The van der Waals surface area contributed by atoms with E-state index < -0.39 is 0 Å². The topological polar surface area (TPSA) is 84.2 Å². The number of benzene rings is 7. The first-order valence-corrected chi connectivity index (χ1v) is 23.6. The zero-order chi connectivity index (χ0) is 44.7. The first kappa shape index (κ1) is 40.8. The van der Waals surface area contributed by atoms with Crippen LogP contribution in [0, 0.1) is 10.1 Å². The van der Waals surface area contributed by atoms with E-state index >= 15 is 0 Å². The van der Waals surface area contributed by atoms with Gasteiger partial charge in [0.15, 0.2) is 11.0 Å². The van der Waals surface area contributed by atoms with Crippen LogP contribution in [0.3, 0.4) is 0 Å². The molecule has 0 amide bonds. The lowest BCUT2D eigenvalue weighted by molar-refractivity contribution is -0.670. The van der Waals surface area contributed by atoms with E-state index in [0.717, 1.165) is 98.1 Å². The van der Waals surface area contributed by atoms with E-state index in [1.807, 2.05) is 36.4 Å². The second kappa shape index (κ2) is 17.2. The molecule has 0 spiro atoms. The SMILES string of the molecule is CCN1/C(=C/C=C(/C=C/c2n(-c3ccccc3)c3ccc(-c4nc5ccccc5s4)cc3[n+]2CC)c2ccc([N+](=O)[O-])cc2)N(c2ccccc2)c2ccc(-c3nc4ccccc4s3)cc21. The van der Waals surface area contributed by atoms with Crippen molar-refractivity contribution in [3.05, 3.63) is 215 Å². The third-order valence-corrected chi connectivity index (χ3v) is 14.2. The summed E-state index contributed by atoms with van der Waals surface area (Å²) >= 11 is 3.40. The molecule has 0 unspecified atom stereocenters. The van der Waals surface area contributed by atoms with Gasteiger partial charge in [-0.2, -0.15) is 4.57 Å². The molecule has 0 saturated heterocycles. The summed E-state index contributed by atoms with van der Waals surface area (Å²) in [6.45, 7) is 5.78. The maximum Gasteiger partial charge on any atom is 0.287 e. The molecule has 1 aliphatic rings. The lowest BCUT2D eigenvalue weighted by Crippen LogP contribution is -2.35. The minimum atomic E-state index is -0.356. The highest BCUT2D eigenvalue weighted by atomic mass is 32.1. The fourth-order valence-electron chi connectivity index (χ4n) is 8.89. The van der Waals surface area contributed by atoms with Crippen LogP contribution in [0.25, 0.3) is 69.9 Å². The summed E-state index contributed by atoms with van der Waals surface area (Å²) < 4.78 is 6.96. The number of para-hydroxylation sites is 4. The normalized spacial score (nSPS) is 13.5. The van der Waals surface area contributed by atoms with Gasteiger partial charge in [-0.1, -0.05) is 66.7 Å². The number of thiazole rings is 2. The number of non-ortho nitro benzene ring substituents is 1. The number of nitrogens with zero attached hydrogens (tertiary/aromatic N) is 7. The second-order valence-corrected chi connectivity index (χ2v) is 17.9. The van der Waals surface area contributed by atoms with Crippen molar-refractivity contribution in [2.75, 3.05) is 16.3 Å². The zero-order valence-electron chi connectivity index (χ0n) is 36.2. The van der Waals surface area contributed by atoms with Crippen LogP contribution in [0.4, 0.5) is 22.7 Å². The monoisotopic (exact) mass is 896 g/mol. The fourth-order valence-corrected chi connectivity index (χ4v) is 10.8. The van der Waals surface area contributed by atoms with E-state index in [4.69, 9.17) is 9.97 Å². The molecule has 0 aliphatic carbocycles. The minimum absolute atomic E-state index is 0.0416. The van der Waals surface area contributed by atoms with Crippen LogP contribution >= 0.6 is 22.7 Å². The predicted octanol–water partition coefficient (Wildman–Crippen LogP) is 14.0. The van der Waals surface area contributed by atoms with Gasteiger partial charge in [0.2, 0.25) is 0 Å². The van der Waals surface area contributed by atoms with E-state index in [1.54, 1.807) is 34.8 Å².